The highest BCUT2D eigenvalue weighted by Gasteiger charge is 2.45. The van der Waals surface area contributed by atoms with Crippen LogP contribution in [0.4, 0.5) is 24.5 Å². The molecule has 1 saturated carbocycles. The van der Waals surface area contributed by atoms with Crippen LogP contribution in [0.2, 0.25) is 0 Å². The van der Waals surface area contributed by atoms with Crippen LogP contribution in [0.3, 0.4) is 0 Å². The highest BCUT2D eigenvalue weighted by Crippen LogP contribution is 2.39. The van der Waals surface area contributed by atoms with E-state index in [9.17, 15) is 37.1 Å². The van der Waals surface area contributed by atoms with Crippen LogP contribution in [0.5, 0.6) is 5.75 Å². The number of carbonyl (C=O) groups excluding carboxylic acids is 5. The van der Waals surface area contributed by atoms with E-state index >= 15 is 0 Å². The molecule has 3 saturated heterocycles. The predicted octanol–water partition coefficient (Wildman–Crippen LogP) is 5.15. The zero-order valence-electron chi connectivity index (χ0n) is 34.4. The van der Waals surface area contributed by atoms with Gasteiger partial charge in [0.15, 0.2) is 5.69 Å². The Kier molecular flexibility index (Phi) is 10.7. The van der Waals surface area contributed by atoms with E-state index in [2.05, 4.69) is 38.0 Å². The number of hydrogen-bond acceptors (Lipinski definition) is 11. The van der Waals surface area contributed by atoms with Crippen molar-refractivity contribution in [2.75, 3.05) is 55.6 Å². The SMILES string of the molecule is CC1(CN2CCN(c3ccc4c(c3)CN([C@H]3CC[C@H](Oc5cnc(C#N)c(C(F)(F)F)c5)CC3)C4=O)CC2)CCN(c2ccc3c(c2)C(=O)N(C2CCC(=O)NC2=O)C3=O)CC1. The highest BCUT2D eigenvalue weighted by atomic mass is 19.4. The van der Waals surface area contributed by atoms with Gasteiger partial charge in [0, 0.05) is 81.8 Å². The molecule has 1 atom stereocenters. The number of pyridine rings is 1. The van der Waals surface area contributed by atoms with Crippen LogP contribution in [-0.4, -0.2) is 113 Å². The maximum absolute atomic E-state index is 13.5. The Morgan fingerprint density at radius 3 is 2.16 bits per heavy atom. The first-order valence-electron chi connectivity index (χ1n) is 21.3. The molecule has 3 aromatic rings. The lowest BCUT2D eigenvalue weighted by Gasteiger charge is -2.45. The minimum absolute atomic E-state index is 0.000838. The number of rotatable bonds is 8. The van der Waals surface area contributed by atoms with Gasteiger partial charge in [-0.05, 0) is 98.4 Å². The molecule has 9 rings (SSSR count). The number of amides is 5. The van der Waals surface area contributed by atoms with Crippen LogP contribution < -0.4 is 19.9 Å². The van der Waals surface area contributed by atoms with Crippen molar-refractivity contribution in [3.05, 3.63) is 82.2 Å². The Morgan fingerprint density at radius 1 is 0.823 bits per heavy atom. The molecular formula is C45H47F3N8O6. The quantitative estimate of drug-likeness (QED) is 0.299. The summed E-state index contributed by atoms with van der Waals surface area (Å²) >= 11 is 0. The molecule has 6 aliphatic rings. The van der Waals surface area contributed by atoms with E-state index < -0.39 is 47.1 Å². The highest BCUT2D eigenvalue weighted by molar-refractivity contribution is 6.23. The summed E-state index contributed by atoms with van der Waals surface area (Å²) in [6, 6.07) is 12.7. The van der Waals surface area contributed by atoms with Crippen molar-refractivity contribution in [1.29, 1.82) is 5.26 Å². The summed E-state index contributed by atoms with van der Waals surface area (Å²) in [7, 11) is 0. The number of aromatic nitrogens is 1. The molecule has 1 N–H and O–H groups in total. The summed E-state index contributed by atoms with van der Waals surface area (Å²) in [5.41, 5.74) is 2.54. The van der Waals surface area contributed by atoms with Gasteiger partial charge >= 0.3 is 6.18 Å². The van der Waals surface area contributed by atoms with Gasteiger partial charge in [0.2, 0.25) is 11.8 Å². The minimum Gasteiger partial charge on any atom is -0.489 e. The second kappa shape index (κ2) is 16.0. The van der Waals surface area contributed by atoms with E-state index in [1.807, 2.05) is 23.1 Å². The second-order valence-corrected chi connectivity index (χ2v) is 17.7. The summed E-state index contributed by atoms with van der Waals surface area (Å²) in [5.74, 6) is -2.06. The molecule has 1 aromatic heterocycles. The molecule has 0 radical (unpaired) electrons. The zero-order chi connectivity index (χ0) is 43.5. The third kappa shape index (κ3) is 7.84. The van der Waals surface area contributed by atoms with Crippen molar-refractivity contribution in [2.24, 2.45) is 5.41 Å². The lowest BCUT2D eigenvalue weighted by Crippen LogP contribution is -2.54. The normalized spacial score (nSPS) is 24.2. The molecule has 14 nitrogen and oxygen atoms in total. The summed E-state index contributed by atoms with van der Waals surface area (Å²) in [6.07, 6.45) is 0.715. The van der Waals surface area contributed by atoms with Gasteiger partial charge in [-0.2, -0.15) is 18.4 Å². The Morgan fingerprint density at radius 2 is 1.48 bits per heavy atom. The maximum Gasteiger partial charge on any atom is 0.419 e. The fourth-order valence-electron chi connectivity index (χ4n) is 10.1. The molecule has 5 amide bonds. The number of piperidine rings is 2. The standard InChI is InChI=1S/C45H47F3N8O6/c1-44(12-14-53(15-13-44)30-5-9-34-35(21-30)43(61)56(42(34)60)38-10-11-39(57)51-40(38)58)26-52-16-18-54(19-17-52)29-4-8-33-27(20-29)25-55(41(33)59)28-2-6-31(7-3-28)62-32-22-36(45(46,47)48)37(23-49)50-24-32/h4-5,8-9,20-22,24,28,31,38H,2-3,6-7,10-19,25-26H2,1H3,(H,51,57,58)/t28-,31-,38?. The number of alkyl halides is 3. The van der Waals surface area contributed by atoms with Crippen LogP contribution in [0.15, 0.2) is 48.7 Å². The van der Waals surface area contributed by atoms with Gasteiger partial charge < -0.3 is 19.4 Å². The van der Waals surface area contributed by atoms with Gasteiger partial charge in [-0.3, -0.25) is 39.1 Å². The number of piperazine rings is 1. The summed E-state index contributed by atoms with van der Waals surface area (Å²) in [4.78, 5) is 78.0. The number of anilines is 2. The Labute approximate surface area is 356 Å². The number of fused-ring (bicyclic) bond motifs is 2. The monoisotopic (exact) mass is 852 g/mol. The molecule has 0 spiro atoms. The zero-order valence-corrected chi connectivity index (χ0v) is 34.4. The number of benzene rings is 2. The van der Waals surface area contributed by atoms with Crippen LogP contribution in [0.25, 0.3) is 0 Å². The largest absolute Gasteiger partial charge is 0.489 e. The first-order valence-corrected chi connectivity index (χ1v) is 21.3. The van der Waals surface area contributed by atoms with Gasteiger partial charge in [-0.25, -0.2) is 4.98 Å². The number of nitrogens with zero attached hydrogens (tertiary/aromatic N) is 7. The van der Waals surface area contributed by atoms with E-state index in [4.69, 9.17) is 10.00 Å². The van der Waals surface area contributed by atoms with Gasteiger partial charge in [-0.15, -0.1) is 0 Å². The van der Waals surface area contributed by atoms with Crippen molar-refractivity contribution >= 4 is 40.9 Å². The average molecular weight is 853 g/mol. The Balaban J connectivity index is 0.742. The number of halogens is 3. The van der Waals surface area contributed by atoms with E-state index in [1.54, 1.807) is 12.1 Å². The van der Waals surface area contributed by atoms with Gasteiger partial charge in [0.05, 0.1) is 29.0 Å². The predicted molar refractivity (Wildman–Crippen MR) is 218 cm³/mol. The van der Waals surface area contributed by atoms with E-state index in [0.717, 1.165) is 92.8 Å². The van der Waals surface area contributed by atoms with Crippen LogP contribution in [0, 0.1) is 16.7 Å². The van der Waals surface area contributed by atoms with E-state index in [-0.39, 0.29) is 53.2 Å². The molecule has 4 fully saturated rings. The first-order chi connectivity index (χ1) is 29.7. The number of imide groups is 2. The Bertz CT molecular complexity index is 2380. The lowest BCUT2D eigenvalue weighted by atomic mass is 9.79. The topological polar surface area (TPSA) is 159 Å². The molecular weight excluding hydrogens is 806 g/mol. The average Bonchev–Trinajstić information content (AvgIpc) is 3.72. The van der Waals surface area contributed by atoms with E-state index in [0.29, 0.717) is 37.8 Å². The molecule has 1 aliphatic carbocycles. The molecule has 2 aromatic carbocycles. The van der Waals surface area contributed by atoms with E-state index in [1.165, 1.54) is 6.07 Å². The first kappa shape index (κ1) is 41.3. The molecule has 62 heavy (non-hydrogen) atoms. The number of hydrogen-bond donors (Lipinski definition) is 1. The molecule has 17 heteroatoms. The van der Waals surface area contributed by atoms with Crippen molar-refractivity contribution in [2.45, 2.75) is 89.2 Å². The summed E-state index contributed by atoms with van der Waals surface area (Å²) in [6.45, 7) is 8.96. The summed E-state index contributed by atoms with van der Waals surface area (Å²) in [5, 5.41) is 11.3. The van der Waals surface area contributed by atoms with Crippen molar-refractivity contribution in [1.82, 2.24) is 25.0 Å². The second-order valence-electron chi connectivity index (χ2n) is 17.7. The number of nitrogens with one attached hydrogen (secondary N) is 1. The fraction of sp³-hybridized carbons (Fsp3) is 0.489. The van der Waals surface area contributed by atoms with Gasteiger partial charge in [0.1, 0.15) is 17.9 Å². The smallest absolute Gasteiger partial charge is 0.419 e. The Hall–Kier alpha value is -6.02. The van der Waals surface area contributed by atoms with Crippen LogP contribution >= 0.6 is 0 Å². The van der Waals surface area contributed by atoms with Crippen molar-refractivity contribution in [3.63, 3.8) is 0 Å². The number of ether oxygens (including phenoxy) is 1. The lowest BCUT2D eigenvalue weighted by molar-refractivity contribution is -0.138. The van der Waals surface area contributed by atoms with Crippen molar-refractivity contribution in [3.8, 4) is 11.8 Å². The minimum atomic E-state index is -4.72. The van der Waals surface area contributed by atoms with Crippen LogP contribution in [-0.2, 0) is 22.3 Å². The van der Waals surface area contributed by atoms with Gasteiger partial charge in [-0.1, -0.05) is 6.92 Å². The molecule has 5 aliphatic heterocycles. The fourth-order valence-corrected chi connectivity index (χ4v) is 10.1. The molecule has 324 valence electrons. The molecule has 0 bridgehead atoms. The third-order valence-corrected chi connectivity index (χ3v) is 13.7. The van der Waals surface area contributed by atoms with Crippen LogP contribution in [0.1, 0.15) is 106 Å². The molecule has 6 heterocycles. The maximum atomic E-state index is 13.5. The summed E-state index contributed by atoms with van der Waals surface area (Å²) < 4.78 is 46.2. The number of carbonyl (C=O) groups is 5. The van der Waals surface area contributed by atoms with Crippen molar-refractivity contribution < 1.29 is 41.9 Å². The molecule has 1 unspecified atom stereocenters. The van der Waals surface area contributed by atoms with Gasteiger partial charge in [0.25, 0.3) is 17.7 Å². The number of nitriles is 1. The third-order valence-electron chi connectivity index (χ3n) is 13.7.